The van der Waals surface area contributed by atoms with E-state index in [0.717, 1.165) is 25.1 Å². The van der Waals surface area contributed by atoms with Crippen molar-refractivity contribution in [3.63, 3.8) is 0 Å². The molecule has 138 valence electrons. The number of anilines is 1. The van der Waals surface area contributed by atoms with Crippen LogP contribution in [0.4, 0.5) is 10.5 Å². The average Bonchev–Trinajstić information content (AvgIpc) is 3.03. The fourth-order valence-corrected chi connectivity index (χ4v) is 3.20. The number of nitrogens with one attached hydrogen (secondary N) is 1. The van der Waals surface area contributed by atoms with E-state index in [9.17, 15) is 4.79 Å². The molecular formula is C20H23ClN2O3. The number of benzene rings is 2. The van der Waals surface area contributed by atoms with Crippen molar-refractivity contribution < 1.29 is 14.3 Å². The lowest BCUT2D eigenvalue weighted by atomic mass is 10.1. The summed E-state index contributed by atoms with van der Waals surface area (Å²) in [7, 11) is 2.12. The Morgan fingerprint density at radius 1 is 1.31 bits per heavy atom. The molecule has 1 unspecified atom stereocenters. The number of hydrogen-bond donors (Lipinski definition) is 1. The van der Waals surface area contributed by atoms with Crippen molar-refractivity contribution in [2.45, 2.75) is 13.3 Å². The minimum atomic E-state index is -0.570. The van der Waals surface area contributed by atoms with Crippen molar-refractivity contribution in [1.29, 1.82) is 0 Å². The van der Waals surface area contributed by atoms with Crippen LogP contribution in [0, 0.1) is 12.8 Å². The molecule has 1 aliphatic rings. The van der Waals surface area contributed by atoms with Gasteiger partial charge < -0.3 is 14.4 Å². The van der Waals surface area contributed by atoms with Gasteiger partial charge in [-0.25, -0.2) is 4.79 Å². The topological polar surface area (TPSA) is 50.8 Å². The number of halogens is 1. The molecule has 1 N–H and O–H groups in total. The van der Waals surface area contributed by atoms with Gasteiger partial charge in [-0.1, -0.05) is 29.8 Å². The molecule has 2 aromatic carbocycles. The van der Waals surface area contributed by atoms with Gasteiger partial charge in [0.1, 0.15) is 11.5 Å². The van der Waals surface area contributed by atoms with Crippen LogP contribution in [-0.4, -0.2) is 37.7 Å². The minimum Gasteiger partial charge on any atom is -0.493 e. The Kier molecular flexibility index (Phi) is 6.01. The first-order chi connectivity index (χ1) is 12.5. The molecule has 0 bridgehead atoms. The first kappa shape index (κ1) is 18.5. The molecule has 2 aromatic rings. The number of carbonyl (C=O) groups excluding carboxylic acids is 1. The van der Waals surface area contributed by atoms with Gasteiger partial charge in [-0.3, -0.25) is 5.32 Å². The van der Waals surface area contributed by atoms with Crippen LogP contribution in [-0.2, 0) is 0 Å². The summed E-state index contributed by atoms with van der Waals surface area (Å²) in [5.74, 6) is 1.67. The van der Waals surface area contributed by atoms with Crippen LogP contribution >= 0.6 is 11.6 Å². The van der Waals surface area contributed by atoms with Gasteiger partial charge in [0, 0.05) is 34.8 Å². The molecule has 1 saturated heterocycles. The van der Waals surface area contributed by atoms with Crippen molar-refractivity contribution in [1.82, 2.24) is 4.90 Å². The minimum absolute atomic E-state index is 0.477. The van der Waals surface area contributed by atoms with E-state index in [1.54, 1.807) is 36.4 Å². The highest BCUT2D eigenvalue weighted by molar-refractivity contribution is 6.31. The third-order valence-corrected chi connectivity index (χ3v) is 4.85. The zero-order valence-corrected chi connectivity index (χ0v) is 15.8. The monoisotopic (exact) mass is 374 g/mol. The van der Waals surface area contributed by atoms with E-state index in [4.69, 9.17) is 21.1 Å². The van der Waals surface area contributed by atoms with Gasteiger partial charge in [0.15, 0.2) is 0 Å². The van der Waals surface area contributed by atoms with E-state index in [2.05, 4.69) is 17.3 Å². The number of hydrogen-bond acceptors (Lipinski definition) is 4. The second-order valence-corrected chi connectivity index (χ2v) is 7.04. The second-order valence-electron chi connectivity index (χ2n) is 6.64. The molecule has 1 aliphatic heterocycles. The summed E-state index contributed by atoms with van der Waals surface area (Å²) >= 11 is 6.30. The molecule has 5 nitrogen and oxygen atoms in total. The molecule has 1 amide bonds. The van der Waals surface area contributed by atoms with Gasteiger partial charge in [0.2, 0.25) is 0 Å². The van der Waals surface area contributed by atoms with Crippen LogP contribution in [0.15, 0.2) is 42.5 Å². The van der Waals surface area contributed by atoms with Crippen molar-refractivity contribution in [3.05, 3.63) is 53.1 Å². The molecule has 0 radical (unpaired) electrons. The Hall–Kier alpha value is -2.24. The summed E-state index contributed by atoms with van der Waals surface area (Å²) in [5.41, 5.74) is 1.40. The largest absolute Gasteiger partial charge is 0.493 e. The number of amides is 1. The van der Waals surface area contributed by atoms with Crippen LogP contribution in [0.25, 0.3) is 0 Å². The fourth-order valence-electron chi connectivity index (χ4n) is 2.98. The lowest BCUT2D eigenvalue weighted by Crippen LogP contribution is -2.18. The van der Waals surface area contributed by atoms with Gasteiger partial charge in [-0.2, -0.15) is 0 Å². The maximum absolute atomic E-state index is 12.1. The number of para-hydroxylation sites is 1. The Morgan fingerprint density at radius 3 is 2.77 bits per heavy atom. The van der Waals surface area contributed by atoms with Crippen LogP contribution in [0.2, 0.25) is 5.02 Å². The average molecular weight is 375 g/mol. The lowest BCUT2D eigenvalue weighted by molar-refractivity contribution is 0.215. The molecule has 0 spiro atoms. The number of nitrogens with zero attached hydrogens (tertiary/aromatic N) is 1. The number of carbonyl (C=O) groups is 1. The molecule has 0 aliphatic carbocycles. The summed E-state index contributed by atoms with van der Waals surface area (Å²) in [6, 6.07) is 12.4. The van der Waals surface area contributed by atoms with Gasteiger partial charge in [-0.05, 0) is 45.1 Å². The predicted molar refractivity (Wildman–Crippen MR) is 103 cm³/mol. The van der Waals surface area contributed by atoms with Gasteiger partial charge in [-0.15, -0.1) is 0 Å². The molecule has 3 rings (SSSR count). The first-order valence-corrected chi connectivity index (χ1v) is 9.04. The summed E-state index contributed by atoms with van der Waals surface area (Å²) < 4.78 is 11.2. The van der Waals surface area contributed by atoms with Gasteiger partial charge in [0.05, 0.1) is 6.61 Å². The van der Waals surface area contributed by atoms with E-state index in [1.165, 1.54) is 0 Å². The van der Waals surface area contributed by atoms with E-state index in [0.29, 0.717) is 34.7 Å². The van der Waals surface area contributed by atoms with E-state index < -0.39 is 6.09 Å². The first-order valence-electron chi connectivity index (χ1n) is 8.66. The number of rotatable bonds is 5. The Morgan fingerprint density at radius 2 is 2.08 bits per heavy atom. The van der Waals surface area contributed by atoms with Crippen molar-refractivity contribution in [2.24, 2.45) is 5.92 Å². The summed E-state index contributed by atoms with van der Waals surface area (Å²) in [4.78, 5) is 14.4. The van der Waals surface area contributed by atoms with E-state index >= 15 is 0 Å². The summed E-state index contributed by atoms with van der Waals surface area (Å²) in [5, 5.41) is 3.24. The SMILES string of the molecule is Cc1c(Cl)cc(NC(=O)Oc2ccccc2)cc1OCC1CCN(C)C1. The summed E-state index contributed by atoms with van der Waals surface area (Å²) in [6.07, 6.45) is 0.560. The third kappa shape index (κ3) is 4.90. The van der Waals surface area contributed by atoms with Crippen LogP contribution in [0.3, 0.4) is 0 Å². The molecule has 26 heavy (non-hydrogen) atoms. The number of likely N-dealkylation sites (tertiary alicyclic amines) is 1. The molecule has 1 fully saturated rings. The molecule has 1 atom stereocenters. The van der Waals surface area contributed by atoms with Crippen molar-refractivity contribution in [3.8, 4) is 11.5 Å². The Bertz CT molecular complexity index is 767. The Balaban J connectivity index is 1.64. The Labute approximate surface area is 158 Å². The quantitative estimate of drug-likeness (QED) is 0.831. The molecular weight excluding hydrogens is 352 g/mol. The summed E-state index contributed by atoms with van der Waals surface area (Å²) in [6.45, 7) is 4.68. The predicted octanol–water partition coefficient (Wildman–Crippen LogP) is 4.59. The van der Waals surface area contributed by atoms with Crippen molar-refractivity contribution >= 4 is 23.4 Å². The highest BCUT2D eigenvalue weighted by Gasteiger charge is 2.20. The number of ether oxygens (including phenoxy) is 2. The zero-order chi connectivity index (χ0) is 18.5. The van der Waals surface area contributed by atoms with Gasteiger partial charge in [0.25, 0.3) is 0 Å². The normalized spacial score (nSPS) is 17.1. The van der Waals surface area contributed by atoms with E-state index in [-0.39, 0.29) is 0 Å². The maximum Gasteiger partial charge on any atom is 0.417 e. The van der Waals surface area contributed by atoms with Gasteiger partial charge >= 0.3 is 6.09 Å². The second kappa shape index (κ2) is 8.43. The fraction of sp³-hybridized carbons (Fsp3) is 0.350. The van der Waals surface area contributed by atoms with Crippen LogP contribution in [0.5, 0.6) is 11.5 Å². The molecule has 1 heterocycles. The van der Waals surface area contributed by atoms with Crippen LogP contribution < -0.4 is 14.8 Å². The highest BCUT2D eigenvalue weighted by Crippen LogP contribution is 2.31. The smallest absolute Gasteiger partial charge is 0.417 e. The standard InChI is InChI=1S/C20H23ClN2O3/c1-14-18(21)10-16(22-20(24)26-17-6-4-3-5-7-17)11-19(14)25-13-15-8-9-23(2)12-15/h3-7,10-11,15H,8-9,12-13H2,1-2H3,(H,22,24). The molecule has 0 saturated carbocycles. The van der Waals surface area contributed by atoms with E-state index in [1.807, 2.05) is 13.0 Å². The zero-order valence-electron chi connectivity index (χ0n) is 15.0. The van der Waals surface area contributed by atoms with Crippen LogP contribution in [0.1, 0.15) is 12.0 Å². The van der Waals surface area contributed by atoms with Crippen molar-refractivity contribution in [2.75, 3.05) is 32.1 Å². The lowest BCUT2D eigenvalue weighted by Gasteiger charge is -2.16. The maximum atomic E-state index is 12.1. The third-order valence-electron chi connectivity index (χ3n) is 4.46. The molecule has 6 heteroatoms. The highest BCUT2D eigenvalue weighted by atomic mass is 35.5. The molecule has 0 aromatic heterocycles.